The number of nitrogens with zero attached hydrogens (tertiary/aromatic N) is 3. The first-order valence-corrected chi connectivity index (χ1v) is 5.45. The summed E-state index contributed by atoms with van der Waals surface area (Å²) in [5.41, 5.74) is -0.313. The second-order valence-corrected chi connectivity index (χ2v) is 3.77. The summed E-state index contributed by atoms with van der Waals surface area (Å²) in [6.07, 6.45) is 1.46. The van der Waals surface area contributed by atoms with E-state index in [1.54, 1.807) is 6.07 Å². The normalized spacial score (nSPS) is 10.1. The average Bonchev–Trinajstić information content (AvgIpc) is 2.33. The lowest BCUT2D eigenvalue weighted by atomic mass is 10.2. The zero-order chi connectivity index (χ0) is 13.5. The van der Waals surface area contributed by atoms with Crippen molar-refractivity contribution in [1.29, 1.82) is 5.26 Å². The van der Waals surface area contributed by atoms with Gasteiger partial charge in [-0.15, -0.1) is 0 Å². The Morgan fingerprint density at radius 2 is 2.39 bits per heavy atom. The molecule has 1 aromatic heterocycles. The number of ether oxygens (including phenoxy) is 1. The van der Waals surface area contributed by atoms with Gasteiger partial charge in [-0.3, -0.25) is 10.1 Å². The molecule has 0 atom stereocenters. The highest BCUT2D eigenvalue weighted by Gasteiger charge is 2.20. The molecule has 0 fully saturated rings. The molecule has 0 amide bonds. The minimum atomic E-state index is -0.614. The predicted octanol–water partition coefficient (Wildman–Crippen LogP) is 1.70. The van der Waals surface area contributed by atoms with Gasteiger partial charge in [0, 0.05) is 12.7 Å². The van der Waals surface area contributed by atoms with Crippen molar-refractivity contribution in [1.82, 2.24) is 4.98 Å². The van der Waals surface area contributed by atoms with Crippen LogP contribution in [0.2, 0.25) is 0 Å². The summed E-state index contributed by atoms with van der Waals surface area (Å²) in [4.78, 5) is 14.1. The maximum Gasteiger partial charge on any atom is 0.328 e. The molecule has 0 aromatic carbocycles. The van der Waals surface area contributed by atoms with Crippen LogP contribution in [0.15, 0.2) is 12.3 Å². The standard InChI is InChI=1S/C11H14N4O3/c1-8(2)18-6-5-14-11-10(15(16)17)9(7-12)3-4-13-11/h3-4,8H,5-6H2,1-2H3,(H,13,14). The zero-order valence-electron chi connectivity index (χ0n) is 10.2. The van der Waals surface area contributed by atoms with Gasteiger partial charge in [-0.2, -0.15) is 5.26 Å². The van der Waals surface area contributed by atoms with Crippen molar-refractivity contribution in [3.05, 3.63) is 27.9 Å². The maximum absolute atomic E-state index is 10.9. The summed E-state index contributed by atoms with van der Waals surface area (Å²) in [6, 6.07) is 3.09. The van der Waals surface area contributed by atoms with Gasteiger partial charge >= 0.3 is 5.69 Å². The van der Waals surface area contributed by atoms with E-state index in [2.05, 4.69) is 10.3 Å². The van der Waals surface area contributed by atoms with Gasteiger partial charge in [0.1, 0.15) is 11.6 Å². The molecule has 1 N–H and O–H groups in total. The third-order valence-corrected chi connectivity index (χ3v) is 2.07. The first-order valence-electron chi connectivity index (χ1n) is 5.45. The summed E-state index contributed by atoms with van der Waals surface area (Å²) < 4.78 is 5.30. The van der Waals surface area contributed by atoms with Gasteiger partial charge < -0.3 is 10.1 Å². The maximum atomic E-state index is 10.9. The molecule has 7 heteroatoms. The Balaban J connectivity index is 2.77. The summed E-state index contributed by atoms with van der Waals surface area (Å²) in [7, 11) is 0. The van der Waals surface area contributed by atoms with E-state index in [4.69, 9.17) is 10.00 Å². The van der Waals surface area contributed by atoms with Crippen molar-refractivity contribution < 1.29 is 9.66 Å². The van der Waals surface area contributed by atoms with Crippen LogP contribution < -0.4 is 5.32 Å². The Bertz CT molecular complexity index is 468. The molecule has 0 unspecified atom stereocenters. The predicted molar refractivity (Wildman–Crippen MR) is 65.2 cm³/mol. The van der Waals surface area contributed by atoms with E-state index < -0.39 is 4.92 Å². The molecule has 0 saturated carbocycles. The molecule has 0 saturated heterocycles. The highest BCUT2D eigenvalue weighted by atomic mass is 16.6. The van der Waals surface area contributed by atoms with E-state index in [0.717, 1.165) is 0 Å². The van der Waals surface area contributed by atoms with Crippen molar-refractivity contribution in [3.8, 4) is 6.07 Å². The lowest BCUT2D eigenvalue weighted by Gasteiger charge is -2.09. The quantitative estimate of drug-likeness (QED) is 0.468. The van der Waals surface area contributed by atoms with E-state index in [1.807, 2.05) is 13.8 Å². The smallest absolute Gasteiger partial charge is 0.328 e. The van der Waals surface area contributed by atoms with E-state index in [1.165, 1.54) is 12.3 Å². The van der Waals surface area contributed by atoms with Gasteiger partial charge in [0.05, 0.1) is 17.6 Å². The van der Waals surface area contributed by atoms with Crippen LogP contribution in [-0.2, 0) is 4.74 Å². The molecule has 1 aromatic rings. The largest absolute Gasteiger partial charge is 0.377 e. The zero-order valence-corrected chi connectivity index (χ0v) is 10.2. The van der Waals surface area contributed by atoms with E-state index in [9.17, 15) is 10.1 Å². The van der Waals surface area contributed by atoms with Crippen LogP contribution in [-0.4, -0.2) is 29.2 Å². The van der Waals surface area contributed by atoms with Gasteiger partial charge in [0.15, 0.2) is 0 Å². The van der Waals surface area contributed by atoms with Gasteiger partial charge in [0.2, 0.25) is 5.82 Å². The number of pyridine rings is 1. The van der Waals surface area contributed by atoms with Crippen LogP contribution >= 0.6 is 0 Å². The molecule has 0 aliphatic carbocycles. The van der Waals surface area contributed by atoms with Crippen LogP contribution in [0.25, 0.3) is 0 Å². The van der Waals surface area contributed by atoms with Gasteiger partial charge in [-0.25, -0.2) is 4.98 Å². The molecule has 0 aliphatic heterocycles. The fourth-order valence-corrected chi connectivity index (χ4v) is 1.32. The number of anilines is 1. The SMILES string of the molecule is CC(C)OCCNc1nccc(C#N)c1[N+](=O)[O-]. The molecule has 1 heterocycles. The number of hydrogen-bond donors (Lipinski definition) is 1. The summed E-state index contributed by atoms with van der Waals surface area (Å²) in [5, 5.41) is 22.5. The lowest BCUT2D eigenvalue weighted by Crippen LogP contribution is -2.15. The number of hydrogen-bond acceptors (Lipinski definition) is 6. The first kappa shape index (κ1) is 13.9. The third-order valence-electron chi connectivity index (χ3n) is 2.07. The molecule has 18 heavy (non-hydrogen) atoms. The van der Waals surface area contributed by atoms with Gasteiger partial charge in [-0.1, -0.05) is 0 Å². The fourth-order valence-electron chi connectivity index (χ4n) is 1.32. The molecule has 0 radical (unpaired) electrons. The molecule has 1 rings (SSSR count). The molecule has 0 bridgehead atoms. The molecule has 7 nitrogen and oxygen atoms in total. The van der Waals surface area contributed by atoms with Crippen molar-refractivity contribution >= 4 is 11.5 Å². The van der Waals surface area contributed by atoms with E-state index in [0.29, 0.717) is 13.2 Å². The Morgan fingerprint density at radius 1 is 1.67 bits per heavy atom. The van der Waals surface area contributed by atoms with E-state index >= 15 is 0 Å². The second kappa shape index (κ2) is 6.51. The van der Waals surface area contributed by atoms with Crippen LogP contribution in [0.1, 0.15) is 19.4 Å². The first-order chi connectivity index (χ1) is 8.56. The Hall–Kier alpha value is -2.20. The molecule has 96 valence electrons. The van der Waals surface area contributed by atoms with Gasteiger partial charge in [-0.05, 0) is 19.9 Å². The van der Waals surface area contributed by atoms with Crippen LogP contribution in [0.3, 0.4) is 0 Å². The van der Waals surface area contributed by atoms with Crippen molar-refractivity contribution in [2.45, 2.75) is 20.0 Å². The highest BCUT2D eigenvalue weighted by molar-refractivity contribution is 5.63. The lowest BCUT2D eigenvalue weighted by molar-refractivity contribution is -0.384. The van der Waals surface area contributed by atoms with Crippen LogP contribution in [0, 0.1) is 21.4 Å². The van der Waals surface area contributed by atoms with Gasteiger partial charge in [0.25, 0.3) is 0 Å². The van der Waals surface area contributed by atoms with E-state index in [-0.39, 0.29) is 23.2 Å². The van der Waals surface area contributed by atoms with Crippen LogP contribution in [0.4, 0.5) is 11.5 Å². The number of nitro groups is 1. The number of aromatic nitrogens is 1. The second-order valence-electron chi connectivity index (χ2n) is 3.77. The number of nitriles is 1. The highest BCUT2D eigenvalue weighted by Crippen LogP contribution is 2.25. The molecule has 0 spiro atoms. The number of rotatable bonds is 6. The molecule has 0 aliphatic rings. The summed E-state index contributed by atoms with van der Waals surface area (Å²) >= 11 is 0. The summed E-state index contributed by atoms with van der Waals surface area (Å²) in [5.74, 6) is 0.0893. The fraction of sp³-hybridized carbons (Fsp3) is 0.455. The van der Waals surface area contributed by atoms with Crippen molar-refractivity contribution in [2.75, 3.05) is 18.5 Å². The number of nitrogens with one attached hydrogen (secondary N) is 1. The molecular weight excluding hydrogens is 236 g/mol. The van der Waals surface area contributed by atoms with Crippen molar-refractivity contribution in [2.24, 2.45) is 0 Å². The Morgan fingerprint density at radius 3 is 2.94 bits per heavy atom. The monoisotopic (exact) mass is 250 g/mol. The van der Waals surface area contributed by atoms with Crippen molar-refractivity contribution in [3.63, 3.8) is 0 Å². The minimum Gasteiger partial charge on any atom is -0.377 e. The third kappa shape index (κ3) is 3.68. The average molecular weight is 250 g/mol. The summed E-state index contributed by atoms with van der Waals surface area (Å²) in [6.45, 7) is 4.60. The minimum absolute atomic E-state index is 0.0118. The van der Waals surface area contributed by atoms with Crippen LogP contribution in [0.5, 0.6) is 0 Å². The Labute approximate surface area is 105 Å². The topological polar surface area (TPSA) is 101 Å². The Kier molecular flexibility index (Phi) is 5.02. The molecular formula is C11H14N4O3.